The molecule has 1 aliphatic heterocycles. The number of rotatable bonds is 2. The van der Waals surface area contributed by atoms with Crippen LogP contribution in [0.25, 0.3) is 10.9 Å². The van der Waals surface area contributed by atoms with E-state index >= 15 is 0 Å². The lowest BCUT2D eigenvalue weighted by molar-refractivity contribution is -0.0220. The van der Waals surface area contributed by atoms with Gasteiger partial charge >= 0.3 is 12.2 Å². The lowest BCUT2D eigenvalue weighted by atomic mass is 10.1. The summed E-state index contributed by atoms with van der Waals surface area (Å²) in [5.41, 5.74) is -0.0206. The topological polar surface area (TPSA) is 95.9 Å². The van der Waals surface area contributed by atoms with Crippen LogP contribution < -0.4 is 9.80 Å². The van der Waals surface area contributed by atoms with Gasteiger partial charge in [-0.3, -0.25) is 0 Å². The van der Waals surface area contributed by atoms with Gasteiger partial charge in [0.25, 0.3) is 5.92 Å². The highest BCUT2D eigenvalue weighted by Crippen LogP contribution is 2.35. The molecule has 3 rings (SSSR count). The molecule has 0 unspecified atom stereocenters. The number of carbonyl (C=O) groups is 2. The number of benzene rings is 1. The SMILES string of the molecule is CC(C)(C)OC(=O)N(C(=O)O)c1ncc2cc(Br)cc(N3CCC(F)(F)CC3)c2n1. The fraction of sp³-hybridized carbons (Fsp3) is 0.474. The number of halogens is 3. The molecule has 1 fully saturated rings. The molecule has 0 bridgehead atoms. The van der Waals surface area contributed by atoms with Gasteiger partial charge in [0.1, 0.15) is 5.60 Å². The molecule has 0 aliphatic carbocycles. The van der Waals surface area contributed by atoms with Crippen molar-refractivity contribution in [3.63, 3.8) is 0 Å². The van der Waals surface area contributed by atoms with Gasteiger partial charge in [-0.05, 0) is 32.9 Å². The van der Waals surface area contributed by atoms with Crippen molar-refractivity contribution in [3.8, 4) is 0 Å². The lowest BCUT2D eigenvalue weighted by Crippen LogP contribution is -2.41. The quantitative estimate of drug-likeness (QED) is 0.634. The summed E-state index contributed by atoms with van der Waals surface area (Å²) in [6, 6.07) is 3.45. The van der Waals surface area contributed by atoms with Gasteiger partial charge < -0.3 is 14.7 Å². The third-order valence-corrected chi connectivity index (χ3v) is 4.88. The first-order chi connectivity index (χ1) is 13.9. The summed E-state index contributed by atoms with van der Waals surface area (Å²) >= 11 is 3.39. The Balaban J connectivity index is 2.04. The summed E-state index contributed by atoms with van der Waals surface area (Å²) in [6.45, 7) is 5.05. The fourth-order valence-corrected chi connectivity index (χ4v) is 3.52. The predicted octanol–water partition coefficient (Wildman–Crippen LogP) is 5.05. The van der Waals surface area contributed by atoms with Crippen LogP contribution in [-0.4, -0.2) is 51.9 Å². The van der Waals surface area contributed by atoms with E-state index in [0.717, 1.165) is 0 Å². The molecule has 1 aromatic heterocycles. The molecule has 8 nitrogen and oxygen atoms in total. The van der Waals surface area contributed by atoms with Gasteiger partial charge in [-0.25, -0.2) is 28.3 Å². The zero-order valence-electron chi connectivity index (χ0n) is 16.7. The third-order valence-electron chi connectivity index (χ3n) is 4.42. The highest BCUT2D eigenvalue weighted by molar-refractivity contribution is 9.10. The zero-order valence-corrected chi connectivity index (χ0v) is 18.2. The number of carbonyl (C=O) groups excluding carboxylic acids is 1. The third kappa shape index (κ3) is 4.94. The Hall–Kier alpha value is -2.56. The number of imide groups is 1. The lowest BCUT2D eigenvalue weighted by Gasteiger charge is -2.34. The van der Waals surface area contributed by atoms with Crippen LogP contribution in [0.4, 0.5) is 30.0 Å². The summed E-state index contributed by atoms with van der Waals surface area (Å²) in [7, 11) is 0. The van der Waals surface area contributed by atoms with E-state index in [0.29, 0.717) is 26.0 Å². The molecule has 162 valence electrons. The zero-order chi connectivity index (χ0) is 22.3. The molecule has 30 heavy (non-hydrogen) atoms. The maximum absolute atomic E-state index is 13.6. The van der Waals surface area contributed by atoms with Crippen molar-refractivity contribution in [2.24, 2.45) is 0 Å². The average molecular weight is 487 g/mol. The molecule has 1 N–H and O–H groups in total. The van der Waals surface area contributed by atoms with Gasteiger partial charge in [-0.15, -0.1) is 4.90 Å². The molecule has 0 radical (unpaired) electrons. The Morgan fingerprint density at radius 1 is 1.27 bits per heavy atom. The van der Waals surface area contributed by atoms with E-state index in [2.05, 4.69) is 25.9 Å². The molecular weight excluding hydrogens is 466 g/mol. The van der Waals surface area contributed by atoms with Crippen LogP contribution in [0.5, 0.6) is 0 Å². The standard InChI is InChI=1S/C19H21BrF2N4O4/c1-18(2,3)30-17(29)26(16(27)28)15-23-10-11-8-12(20)9-13(14(11)24-15)25-6-4-19(21,22)5-7-25/h8-10H,4-7H2,1-3H3,(H,27,28). The number of aromatic nitrogens is 2. The van der Waals surface area contributed by atoms with Crippen LogP contribution in [-0.2, 0) is 4.74 Å². The maximum atomic E-state index is 13.6. The normalized spacial score (nSPS) is 16.4. The summed E-state index contributed by atoms with van der Waals surface area (Å²) in [6.07, 6.45) is -1.94. The maximum Gasteiger partial charge on any atom is 0.427 e. The van der Waals surface area contributed by atoms with E-state index in [4.69, 9.17) is 4.74 Å². The van der Waals surface area contributed by atoms with Crippen molar-refractivity contribution < 1.29 is 28.2 Å². The molecule has 2 aromatic rings. The predicted molar refractivity (Wildman–Crippen MR) is 110 cm³/mol. The number of piperidine rings is 1. The van der Waals surface area contributed by atoms with Crippen molar-refractivity contribution in [1.29, 1.82) is 0 Å². The van der Waals surface area contributed by atoms with E-state index in [1.54, 1.807) is 37.8 Å². The van der Waals surface area contributed by atoms with Crippen molar-refractivity contribution in [2.75, 3.05) is 22.9 Å². The Morgan fingerprint density at radius 3 is 2.47 bits per heavy atom. The van der Waals surface area contributed by atoms with Gasteiger partial charge in [0.15, 0.2) is 0 Å². The first kappa shape index (κ1) is 22.1. The summed E-state index contributed by atoms with van der Waals surface area (Å²) in [4.78, 5) is 34.5. The molecular formula is C19H21BrF2N4O4. The minimum absolute atomic E-state index is 0.118. The van der Waals surface area contributed by atoms with Gasteiger partial charge in [0, 0.05) is 42.0 Å². The highest BCUT2D eigenvalue weighted by atomic mass is 79.9. The summed E-state index contributed by atoms with van der Waals surface area (Å²) < 4.78 is 33.0. The van der Waals surface area contributed by atoms with E-state index in [9.17, 15) is 23.5 Å². The van der Waals surface area contributed by atoms with E-state index in [1.807, 2.05) is 0 Å². The minimum atomic E-state index is -2.71. The monoisotopic (exact) mass is 486 g/mol. The van der Waals surface area contributed by atoms with Gasteiger partial charge in [-0.1, -0.05) is 15.9 Å². The van der Waals surface area contributed by atoms with Crippen LogP contribution in [0, 0.1) is 0 Å². The van der Waals surface area contributed by atoms with Crippen LogP contribution in [0.2, 0.25) is 0 Å². The van der Waals surface area contributed by atoms with Crippen LogP contribution in [0.1, 0.15) is 33.6 Å². The summed E-state index contributed by atoms with van der Waals surface area (Å²) in [5, 5.41) is 10.1. The van der Waals surface area contributed by atoms with Crippen LogP contribution in [0.15, 0.2) is 22.8 Å². The van der Waals surface area contributed by atoms with Gasteiger partial charge in [-0.2, -0.15) is 0 Å². The van der Waals surface area contributed by atoms with Crippen LogP contribution >= 0.6 is 15.9 Å². The minimum Gasteiger partial charge on any atom is -0.464 e. The van der Waals surface area contributed by atoms with Gasteiger partial charge in [0.2, 0.25) is 5.95 Å². The highest BCUT2D eigenvalue weighted by Gasteiger charge is 2.35. The number of hydrogen-bond donors (Lipinski definition) is 1. The van der Waals surface area contributed by atoms with Gasteiger partial charge in [0.05, 0.1) is 11.2 Å². The van der Waals surface area contributed by atoms with Crippen LogP contribution in [0.3, 0.4) is 0 Å². The number of fused-ring (bicyclic) bond motifs is 1. The first-order valence-electron chi connectivity index (χ1n) is 9.21. The van der Waals surface area contributed by atoms with E-state index < -0.39 is 23.7 Å². The molecule has 0 atom stereocenters. The molecule has 1 aliphatic rings. The number of hydrogen-bond acceptors (Lipinski definition) is 6. The number of amides is 2. The summed E-state index contributed by atoms with van der Waals surface area (Å²) in [5.74, 6) is -3.09. The Morgan fingerprint density at radius 2 is 1.90 bits per heavy atom. The largest absolute Gasteiger partial charge is 0.464 e. The van der Waals surface area contributed by atoms with E-state index in [1.165, 1.54) is 6.20 Å². The number of carboxylic acid groups (broad SMARTS) is 1. The Bertz CT molecular complexity index is 986. The second kappa shape index (κ2) is 7.93. The Labute approximate surface area is 180 Å². The van der Waals surface area contributed by atoms with Crippen molar-refractivity contribution in [2.45, 2.75) is 45.1 Å². The van der Waals surface area contributed by atoms with E-state index in [-0.39, 0.29) is 31.9 Å². The fourth-order valence-electron chi connectivity index (χ4n) is 3.06. The number of alkyl halides is 2. The molecule has 0 saturated carbocycles. The molecule has 1 saturated heterocycles. The molecule has 0 spiro atoms. The van der Waals surface area contributed by atoms with Crippen molar-refractivity contribution in [1.82, 2.24) is 9.97 Å². The molecule has 2 amide bonds. The first-order valence-corrected chi connectivity index (χ1v) is 10.0. The number of anilines is 2. The molecule has 1 aromatic carbocycles. The average Bonchev–Trinajstić information content (AvgIpc) is 2.59. The number of nitrogens with zero attached hydrogens (tertiary/aromatic N) is 4. The molecule has 2 heterocycles. The second-order valence-electron chi connectivity index (χ2n) is 7.97. The van der Waals surface area contributed by atoms with Crippen molar-refractivity contribution in [3.05, 3.63) is 22.8 Å². The Kier molecular flexibility index (Phi) is 5.85. The molecule has 11 heteroatoms. The number of ether oxygens (including phenoxy) is 1. The van der Waals surface area contributed by atoms with Crippen molar-refractivity contribution >= 4 is 50.7 Å². The second-order valence-corrected chi connectivity index (χ2v) is 8.89. The smallest absolute Gasteiger partial charge is 0.427 e.